The number of hydrogen-bond acceptors (Lipinski definition) is 8. The maximum Gasteiger partial charge on any atom is 0.277 e. The molecule has 1 atom stereocenters. The van der Waals surface area contributed by atoms with E-state index < -0.39 is 5.25 Å². The van der Waals surface area contributed by atoms with Crippen molar-refractivity contribution in [1.82, 2.24) is 10.2 Å². The first-order valence-corrected chi connectivity index (χ1v) is 8.73. The standard InChI is InChI=1S/C17H15N3O5S/c1-9-12(5-6-22-9)16-19-20-17(25-16)26-10(2)15(21)18-11-3-4-13-14(7-11)24-8-23-13/h3-7,10H,8H2,1-2H3,(H,18,21)/t10-/m0/s1. The van der Waals surface area contributed by atoms with E-state index in [1.54, 1.807) is 37.5 Å². The number of ether oxygens (including phenoxy) is 2. The second-order valence-corrected chi connectivity index (χ2v) is 6.87. The van der Waals surface area contributed by atoms with Crippen LogP contribution in [0.5, 0.6) is 11.5 Å². The van der Waals surface area contributed by atoms with E-state index in [1.165, 1.54) is 11.8 Å². The monoisotopic (exact) mass is 373 g/mol. The molecule has 3 heterocycles. The molecule has 0 bridgehead atoms. The molecule has 0 aliphatic carbocycles. The van der Waals surface area contributed by atoms with E-state index >= 15 is 0 Å². The van der Waals surface area contributed by atoms with Crippen molar-refractivity contribution in [2.24, 2.45) is 0 Å². The molecule has 134 valence electrons. The van der Waals surface area contributed by atoms with Crippen LogP contribution < -0.4 is 14.8 Å². The Kier molecular flexibility index (Phi) is 4.29. The van der Waals surface area contributed by atoms with Crippen LogP contribution >= 0.6 is 11.8 Å². The van der Waals surface area contributed by atoms with Crippen molar-refractivity contribution in [3.63, 3.8) is 0 Å². The van der Waals surface area contributed by atoms with Crippen molar-refractivity contribution < 1.29 is 23.1 Å². The third-order valence-electron chi connectivity index (χ3n) is 3.78. The maximum atomic E-state index is 12.4. The van der Waals surface area contributed by atoms with Gasteiger partial charge in [0.05, 0.1) is 17.1 Å². The third-order valence-corrected chi connectivity index (χ3v) is 4.72. The fourth-order valence-corrected chi connectivity index (χ4v) is 3.08. The van der Waals surface area contributed by atoms with Gasteiger partial charge in [0.15, 0.2) is 11.5 Å². The lowest BCUT2D eigenvalue weighted by atomic mass is 10.2. The van der Waals surface area contributed by atoms with E-state index in [1.807, 2.05) is 6.92 Å². The molecule has 9 heteroatoms. The van der Waals surface area contributed by atoms with Gasteiger partial charge in [-0.05, 0) is 32.0 Å². The normalized spacial score (nSPS) is 13.6. The SMILES string of the molecule is Cc1occc1-c1nnc(S[C@@H](C)C(=O)Nc2ccc3c(c2)OCO3)o1. The molecule has 8 nitrogen and oxygen atoms in total. The van der Waals surface area contributed by atoms with Gasteiger partial charge in [-0.3, -0.25) is 4.79 Å². The van der Waals surface area contributed by atoms with Gasteiger partial charge in [0.25, 0.3) is 11.1 Å². The molecule has 4 rings (SSSR count). The van der Waals surface area contributed by atoms with E-state index in [9.17, 15) is 4.79 Å². The molecule has 0 spiro atoms. The average Bonchev–Trinajstić information content (AvgIpc) is 3.34. The highest BCUT2D eigenvalue weighted by molar-refractivity contribution is 8.00. The van der Waals surface area contributed by atoms with E-state index in [-0.39, 0.29) is 12.7 Å². The molecular formula is C17H15N3O5S. The average molecular weight is 373 g/mol. The van der Waals surface area contributed by atoms with Crippen molar-refractivity contribution in [2.75, 3.05) is 12.1 Å². The van der Waals surface area contributed by atoms with Crippen LogP contribution in [0.25, 0.3) is 11.5 Å². The number of carbonyl (C=O) groups is 1. The molecule has 0 radical (unpaired) electrons. The molecule has 0 fully saturated rings. The summed E-state index contributed by atoms with van der Waals surface area (Å²) in [5, 5.41) is 10.7. The summed E-state index contributed by atoms with van der Waals surface area (Å²) < 4.78 is 21.4. The number of nitrogens with zero attached hydrogens (tertiary/aromatic N) is 2. The molecule has 1 N–H and O–H groups in total. The predicted octanol–water partition coefficient (Wildman–Crippen LogP) is 3.49. The zero-order chi connectivity index (χ0) is 18.1. The molecule has 3 aromatic rings. The number of aromatic nitrogens is 2. The number of carbonyl (C=O) groups excluding carboxylic acids is 1. The van der Waals surface area contributed by atoms with Gasteiger partial charge in [0.2, 0.25) is 12.7 Å². The number of furan rings is 1. The molecule has 1 aliphatic heterocycles. The van der Waals surface area contributed by atoms with E-state index in [2.05, 4.69) is 15.5 Å². The fourth-order valence-electron chi connectivity index (χ4n) is 2.40. The van der Waals surface area contributed by atoms with Crippen LogP contribution in [0.2, 0.25) is 0 Å². The summed E-state index contributed by atoms with van der Waals surface area (Å²) in [5.74, 6) is 2.15. The number of fused-ring (bicyclic) bond motifs is 1. The lowest BCUT2D eigenvalue weighted by Gasteiger charge is -2.10. The van der Waals surface area contributed by atoms with Crippen LogP contribution in [0.4, 0.5) is 5.69 Å². The van der Waals surface area contributed by atoms with Crippen LogP contribution in [0.15, 0.2) is 44.6 Å². The Morgan fingerprint density at radius 1 is 1.23 bits per heavy atom. The number of benzene rings is 1. The quantitative estimate of drug-likeness (QED) is 0.679. The number of rotatable bonds is 5. The summed E-state index contributed by atoms with van der Waals surface area (Å²) >= 11 is 1.18. The molecule has 0 unspecified atom stereocenters. The van der Waals surface area contributed by atoms with Gasteiger partial charge in [-0.1, -0.05) is 11.8 Å². The van der Waals surface area contributed by atoms with Gasteiger partial charge < -0.3 is 23.6 Å². The first kappa shape index (κ1) is 16.5. The minimum Gasteiger partial charge on any atom is -0.469 e. The first-order chi connectivity index (χ1) is 12.6. The number of thioether (sulfide) groups is 1. The molecule has 2 aromatic heterocycles. The highest BCUT2D eigenvalue weighted by atomic mass is 32.2. The lowest BCUT2D eigenvalue weighted by molar-refractivity contribution is -0.115. The van der Waals surface area contributed by atoms with Crippen LogP contribution in [-0.4, -0.2) is 28.1 Å². The van der Waals surface area contributed by atoms with Crippen LogP contribution in [-0.2, 0) is 4.79 Å². The van der Waals surface area contributed by atoms with Crippen LogP contribution in [0, 0.1) is 6.92 Å². The summed E-state index contributed by atoms with van der Waals surface area (Å²) in [4.78, 5) is 12.4. The fraction of sp³-hybridized carbons (Fsp3) is 0.235. The van der Waals surface area contributed by atoms with Gasteiger partial charge >= 0.3 is 0 Å². The Balaban J connectivity index is 1.40. The highest BCUT2D eigenvalue weighted by Crippen LogP contribution is 2.34. The summed E-state index contributed by atoms with van der Waals surface area (Å²) in [6.07, 6.45) is 1.56. The van der Waals surface area contributed by atoms with Gasteiger partial charge in [-0.2, -0.15) is 0 Å². The number of nitrogens with one attached hydrogen (secondary N) is 1. The molecule has 0 saturated heterocycles. The summed E-state index contributed by atoms with van der Waals surface area (Å²) in [5.41, 5.74) is 1.37. The van der Waals surface area contributed by atoms with Crippen LogP contribution in [0.1, 0.15) is 12.7 Å². The van der Waals surface area contributed by atoms with Crippen molar-refractivity contribution in [3.05, 3.63) is 36.3 Å². The Morgan fingerprint density at radius 2 is 2.08 bits per heavy atom. The van der Waals surface area contributed by atoms with E-state index in [0.29, 0.717) is 34.1 Å². The van der Waals surface area contributed by atoms with Crippen molar-refractivity contribution in [1.29, 1.82) is 0 Å². The van der Waals surface area contributed by atoms with Crippen molar-refractivity contribution >= 4 is 23.4 Å². The lowest BCUT2D eigenvalue weighted by Crippen LogP contribution is -2.22. The Labute approximate surface area is 152 Å². The maximum absolute atomic E-state index is 12.4. The number of aryl methyl sites for hydroxylation is 1. The summed E-state index contributed by atoms with van der Waals surface area (Å²) in [6, 6.07) is 7.00. The second kappa shape index (κ2) is 6.75. The van der Waals surface area contributed by atoms with Gasteiger partial charge in [0, 0.05) is 11.8 Å². The van der Waals surface area contributed by atoms with Crippen molar-refractivity contribution in [3.8, 4) is 23.0 Å². The predicted molar refractivity (Wildman–Crippen MR) is 93.3 cm³/mol. The highest BCUT2D eigenvalue weighted by Gasteiger charge is 2.21. The molecule has 0 saturated carbocycles. The second-order valence-electron chi connectivity index (χ2n) is 5.58. The van der Waals surface area contributed by atoms with Gasteiger partial charge in [0.1, 0.15) is 5.76 Å². The minimum atomic E-state index is -0.431. The third kappa shape index (κ3) is 3.25. The Bertz CT molecular complexity index is 952. The smallest absolute Gasteiger partial charge is 0.277 e. The zero-order valence-corrected chi connectivity index (χ0v) is 14.8. The van der Waals surface area contributed by atoms with Crippen molar-refractivity contribution in [2.45, 2.75) is 24.3 Å². The van der Waals surface area contributed by atoms with Gasteiger partial charge in [-0.25, -0.2) is 0 Å². The Hall–Kier alpha value is -2.94. The van der Waals surface area contributed by atoms with E-state index in [4.69, 9.17) is 18.3 Å². The molecule has 1 aromatic carbocycles. The summed E-state index contributed by atoms with van der Waals surface area (Å²) in [7, 11) is 0. The van der Waals surface area contributed by atoms with Gasteiger partial charge in [-0.15, -0.1) is 10.2 Å². The molecule has 1 aliphatic rings. The molecular weight excluding hydrogens is 358 g/mol. The number of hydrogen-bond donors (Lipinski definition) is 1. The number of anilines is 1. The topological polar surface area (TPSA) is 99.6 Å². The molecule has 1 amide bonds. The zero-order valence-electron chi connectivity index (χ0n) is 14.0. The first-order valence-electron chi connectivity index (χ1n) is 7.85. The largest absolute Gasteiger partial charge is 0.469 e. The molecule has 26 heavy (non-hydrogen) atoms. The van der Waals surface area contributed by atoms with E-state index in [0.717, 1.165) is 5.56 Å². The Morgan fingerprint density at radius 3 is 2.88 bits per heavy atom. The minimum absolute atomic E-state index is 0.187. The summed E-state index contributed by atoms with van der Waals surface area (Å²) in [6.45, 7) is 3.77. The number of amides is 1. The van der Waals surface area contributed by atoms with Crippen LogP contribution in [0.3, 0.4) is 0 Å².